The van der Waals surface area contributed by atoms with E-state index in [-0.39, 0.29) is 11.9 Å². The molecule has 0 aliphatic heterocycles. The van der Waals surface area contributed by atoms with Gasteiger partial charge in [0.1, 0.15) is 11.8 Å². The third-order valence-electron chi connectivity index (χ3n) is 3.63. The Morgan fingerprint density at radius 2 is 2.29 bits per heavy atom. The lowest BCUT2D eigenvalue weighted by Gasteiger charge is -2.11. The van der Waals surface area contributed by atoms with Gasteiger partial charge in [0, 0.05) is 11.6 Å². The fourth-order valence-electron chi connectivity index (χ4n) is 2.33. The number of fused-ring (bicyclic) bond motifs is 1. The van der Waals surface area contributed by atoms with Gasteiger partial charge in [-0.25, -0.2) is 0 Å². The van der Waals surface area contributed by atoms with Gasteiger partial charge < -0.3 is 9.73 Å². The SMILES string of the molecule is CCc1ccc2occ(C(=O)N[C@@H](C)c3ccn[nH]3)c2c1. The second-order valence-corrected chi connectivity index (χ2v) is 5.04. The van der Waals surface area contributed by atoms with Crippen LogP contribution in [0.25, 0.3) is 11.0 Å². The molecule has 0 unspecified atom stereocenters. The van der Waals surface area contributed by atoms with Crippen LogP contribution in [0.4, 0.5) is 0 Å². The molecule has 2 N–H and O–H groups in total. The molecule has 0 radical (unpaired) electrons. The number of H-pyrrole nitrogens is 1. The lowest BCUT2D eigenvalue weighted by Crippen LogP contribution is -2.26. The van der Waals surface area contributed by atoms with E-state index < -0.39 is 0 Å². The summed E-state index contributed by atoms with van der Waals surface area (Å²) in [5.74, 6) is -0.149. The molecular formula is C16H17N3O2. The first-order chi connectivity index (χ1) is 10.2. The van der Waals surface area contributed by atoms with Crippen LogP contribution < -0.4 is 5.32 Å². The Kier molecular flexibility index (Phi) is 3.48. The Morgan fingerprint density at radius 1 is 1.43 bits per heavy atom. The number of furan rings is 1. The molecule has 5 heteroatoms. The Morgan fingerprint density at radius 3 is 3.00 bits per heavy atom. The average Bonchev–Trinajstić information content (AvgIpc) is 3.15. The van der Waals surface area contributed by atoms with E-state index in [0.29, 0.717) is 5.56 Å². The summed E-state index contributed by atoms with van der Waals surface area (Å²) in [5, 5.41) is 10.5. The zero-order chi connectivity index (χ0) is 14.8. The molecule has 0 aliphatic rings. The molecule has 1 aromatic carbocycles. The van der Waals surface area contributed by atoms with E-state index in [1.807, 2.05) is 31.2 Å². The van der Waals surface area contributed by atoms with E-state index in [1.165, 1.54) is 11.8 Å². The van der Waals surface area contributed by atoms with Gasteiger partial charge in [0.2, 0.25) is 0 Å². The zero-order valence-corrected chi connectivity index (χ0v) is 12.0. The summed E-state index contributed by atoms with van der Waals surface area (Å²) in [6.45, 7) is 3.99. The number of aryl methyl sites for hydroxylation is 1. The molecule has 3 rings (SSSR count). The predicted molar refractivity (Wildman–Crippen MR) is 80.1 cm³/mol. The number of rotatable bonds is 4. The van der Waals surface area contributed by atoms with Crippen LogP contribution in [0.1, 0.15) is 41.5 Å². The molecule has 3 aromatic rings. The Labute approximate surface area is 122 Å². The maximum Gasteiger partial charge on any atom is 0.255 e. The van der Waals surface area contributed by atoms with E-state index in [2.05, 4.69) is 22.4 Å². The molecular weight excluding hydrogens is 266 g/mol. The molecule has 0 saturated carbocycles. The summed E-state index contributed by atoms with van der Waals surface area (Å²) in [5.41, 5.74) is 3.34. The summed E-state index contributed by atoms with van der Waals surface area (Å²) in [6, 6.07) is 7.63. The second kappa shape index (κ2) is 5.44. The van der Waals surface area contributed by atoms with Crippen molar-refractivity contribution in [3.63, 3.8) is 0 Å². The number of hydrogen-bond donors (Lipinski definition) is 2. The molecule has 1 amide bonds. The highest BCUT2D eigenvalue weighted by Gasteiger charge is 2.17. The number of benzene rings is 1. The molecule has 0 spiro atoms. The van der Waals surface area contributed by atoms with Gasteiger partial charge in [0.15, 0.2) is 0 Å². The standard InChI is InChI=1S/C16H17N3O2/c1-3-11-4-5-15-12(8-11)13(9-21-15)16(20)18-10(2)14-6-7-17-19-14/h4-10H,3H2,1-2H3,(H,17,19)(H,18,20)/t10-/m0/s1. The van der Waals surface area contributed by atoms with Crippen LogP contribution in [0, 0.1) is 0 Å². The maximum atomic E-state index is 12.4. The number of nitrogens with one attached hydrogen (secondary N) is 2. The minimum absolute atomic E-state index is 0.140. The Balaban J connectivity index is 1.87. The van der Waals surface area contributed by atoms with Crippen molar-refractivity contribution < 1.29 is 9.21 Å². The average molecular weight is 283 g/mol. The molecule has 108 valence electrons. The van der Waals surface area contributed by atoms with Crippen molar-refractivity contribution in [2.24, 2.45) is 0 Å². The van der Waals surface area contributed by atoms with Gasteiger partial charge >= 0.3 is 0 Å². The monoisotopic (exact) mass is 283 g/mol. The van der Waals surface area contributed by atoms with Crippen LogP contribution in [0.3, 0.4) is 0 Å². The second-order valence-electron chi connectivity index (χ2n) is 5.04. The third kappa shape index (κ3) is 2.54. The molecule has 5 nitrogen and oxygen atoms in total. The van der Waals surface area contributed by atoms with Crippen molar-refractivity contribution in [1.82, 2.24) is 15.5 Å². The van der Waals surface area contributed by atoms with Crippen LogP contribution in [0.15, 0.2) is 41.1 Å². The van der Waals surface area contributed by atoms with Gasteiger partial charge in [0.25, 0.3) is 5.91 Å². The summed E-state index contributed by atoms with van der Waals surface area (Å²) < 4.78 is 5.46. The smallest absolute Gasteiger partial charge is 0.255 e. The summed E-state index contributed by atoms with van der Waals surface area (Å²) in [4.78, 5) is 12.4. The molecule has 2 aromatic heterocycles. The topological polar surface area (TPSA) is 70.9 Å². The lowest BCUT2D eigenvalue weighted by molar-refractivity contribution is 0.0940. The fourth-order valence-corrected chi connectivity index (χ4v) is 2.33. The van der Waals surface area contributed by atoms with Gasteiger partial charge in [0.05, 0.1) is 17.3 Å². The number of nitrogens with zero attached hydrogens (tertiary/aromatic N) is 1. The molecule has 2 heterocycles. The van der Waals surface area contributed by atoms with Crippen molar-refractivity contribution in [3.8, 4) is 0 Å². The van der Waals surface area contributed by atoms with Crippen LogP contribution in [-0.2, 0) is 6.42 Å². The number of aromatic nitrogens is 2. The van der Waals surface area contributed by atoms with Gasteiger partial charge in [-0.3, -0.25) is 9.89 Å². The highest BCUT2D eigenvalue weighted by molar-refractivity contribution is 6.06. The normalized spacial score (nSPS) is 12.5. The van der Waals surface area contributed by atoms with Crippen molar-refractivity contribution in [2.45, 2.75) is 26.3 Å². The summed E-state index contributed by atoms with van der Waals surface area (Å²) >= 11 is 0. The number of aromatic amines is 1. The zero-order valence-electron chi connectivity index (χ0n) is 12.0. The van der Waals surface area contributed by atoms with Crippen molar-refractivity contribution in [2.75, 3.05) is 0 Å². The van der Waals surface area contributed by atoms with E-state index >= 15 is 0 Å². The number of hydrogen-bond acceptors (Lipinski definition) is 3. The van der Waals surface area contributed by atoms with E-state index in [9.17, 15) is 4.79 Å². The molecule has 0 saturated heterocycles. The predicted octanol–water partition coefficient (Wildman–Crippen LogP) is 3.21. The minimum atomic E-state index is -0.149. The first kappa shape index (κ1) is 13.4. The van der Waals surface area contributed by atoms with Gasteiger partial charge in [-0.1, -0.05) is 13.0 Å². The molecule has 0 fully saturated rings. The first-order valence-corrected chi connectivity index (χ1v) is 6.99. The molecule has 0 bridgehead atoms. The van der Waals surface area contributed by atoms with Crippen molar-refractivity contribution >= 4 is 16.9 Å². The largest absolute Gasteiger partial charge is 0.463 e. The third-order valence-corrected chi connectivity index (χ3v) is 3.63. The van der Waals surface area contributed by atoms with E-state index in [4.69, 9.17) is 4.42 Å². The van der Waals surface area contributed by atoms with Gasteiger partial charge in [-0.15, -0.1) is 0 Å². The summed E-state index contributed by atoms with van der Waals surface area (Å²) in [7, 11) is 0. The van der Waals surface area contributed by atoms with Crippen LogP contribution in [-0.4, -0.2) is 16.1 Å². The maximum absolute atomic E-state index is 12.4. The minimum Gasteiger partial charge on any atom is -0.463 e. The van der Waals surface area contributed by atoms with Gasteiger partial charge in [-0.2, -0.15) is 5.10 Å². The van der Waals surface area contributed by atoms with Gasteiger partial charge in [-0.05, 0) is 37.1 Å². The number of carbonyl (C=O) groups is 1. The molecule has 1 atom stereocenters. The van der Waals surface area contributed by atoms with Crippen LogP contribution >= 0.6 is 0 Å². The van der Waals surface area contributed by atoms with Crippen LogP contribution in [0.5, 0.6) is 0 Å². The summed E-state index contributed by atoms with van der Waals surface area (Å²) in [6.07, 6.45) is 4.10. The molecule has 21 heavy (non-hydrogen) atoms. The van der Waals surface area contributed by atoms with Crippen molar-refractivity contribution in [1.29, 1.82) is 0 Å². The quantitative estimate of drug-likeness (QED) is 0.772. The number of carbonyl (C=O) groups excluding carboxylic acids is 1. The first-order valence-electron chi connectivity index (χ1n) is 6.99. The van der Waals surface area contributed by atoms with E-state index in [0.717, 1.165) is 23.1 Å². The fraction of sp³-hybridized carbons (Fsp3) is 0.250. The highest BCUT2D eigenvalue weighted by Crippen LogP contribution is 2.23. The van der Waals surface area contributed by atoms with E-state index in [1.54, 1.807) is 6.20 Å². The lowest BCUT2D eigenvalue weighted by atomic mass is 10.1. The number of amides is 1. The van der Waals surface area contributed by atoms with Crippen LogP contribution in [0.2, 0.25) is 0 Å². The highest BCUT2D eigenvalue weighted by atomic mass is 16.3. The Bertz CT molecular complexity index is 759. The van der Waals surface area contributed by atoms with Crippen molar-refractivity contribution in [3.05, 3.63) is 53.5 Å². The Hall–Kier alpha value is -2.56. The molecule has 0 aliphatic carbocycles.